The first-order valence-corrected chi connectivity index (χ1v) is 7.80. The molecule has 7 nitrogen and oxygen atoms in total. The van der Waals surface area contributed by atoms with Crippen molar-refractivity contribution in [2.24, 2.45) is 11.8 Å². The minimum Gasteiger partial charge on any atom is -0.341 e. The predicted molar refractivity (Wildman–Crippen MR) is 77.3 cm³/mol. The Labute approximate surface area is 125 Å². The van der Waals surface area contributed by atoms with Crippen LogP contribution < -0.4 is 0 Å². The van der Waals surface area contributed by atoms with Crippen LogP contribution in [0.1, 0.15) is 25.7 Å². The molecule has 0 unspecified atom stereocenters. The van der Waals surface area contributed by atoms with Gasteiger partial charge < -0.3 is 9.80 Å². The fourth-order valence-electron chi connectivity index (χ4n) is 3.38. The van der Waals surface area contributed by atoms with Crippen LogP contribution in [0.25, 0.3) is 0 Å². The van der Waals surface area contributed by atoms with Crippen LogP contribution in [0.15, 0.2) is 6.33 Å². The van der Waals surface area contributed by atoms with E-state index >= 15 is 0 Å². The van der Waals surface area contributed by atoms with Crippen molar-refractivity contribution in [2.45, 2.75) is 38.3 Å². The topological polar surface area (TPSA) is 67.2 Å². The molecule has 21 heavy (non-hydrogen) atoms. The second-order valence-corrected chi connectivity index (χ2v) is 6.51. The van der Waals surface area contributed by atoms with Gasteiger partial charge in [0.1, 0.15) is 6.33 Å². The van der Waals surface area contributed by atoms with Crippen molar-refractivity contribution in [1.29, 1.82) is 0 Å². The number of hydrogen-bond donors (Lipinski definition) is 0. The Bertz CT molecular complexity index is 460. The highest BCUT2D eigenvalue weighted by atomic mass is 16.2. The Balaban J connectivity index is 1.48. The highest BCUT2D eigenvalue weighted by Crippen LogP contribution is 2.42. The summed E-state index contributed by atoms with van der Waals surface area (Å²) in [6.45, 7) is 2.53. The van der Waals surface area contributed by atoms with Crippen LogP contribution in [0, 0.1) is 11.8 Å². The van der Waals surface area contributed by atoms with E-state index in [0.717, 1.165) is 25.4 Å². The summed E-state index contributed by atoms with van der Waals surface area (Å²) in [6.07, 6.45) is 5.65. The van der Waals surface area contributed by atoms with Gasteiger partial charge in [-0.05, 0) is 55.6 Å². The van der Waals surface area contributed by atoms with Crippen molar-refractivity contribution in [3.63, 3.8) is 0 Å². The first-order chi connectivity index (χ1) is 10.1. The molecule has 0 bridgehead atoms. The maximum Gasteiger partial charge on any atom is 0.222 e. The van der Waals surface area contributed by atoms with Gasteiger partial charge in [0.25, 0.3) is 0 Å². The van der Waals surface area contributed by atoms with E-state index in [9.17, 15) is 4.79 Å². The van der Waals surface area contributed by atoms with Crippen molar-refractivity contribution in [1.82, 2.24) is 30.0 Å². The standard InChI is InChI=1S/C14H24N6O/c1-18(2)13-9-19(8-12(13)11-5-6-11)14(21)4-3-7-20-10-15-16-17-20/h10-13H,3-9H2,1-2H3/t12-,13+/m1/s1. The van der Waals surface area contributed by atoms with Gasteiger partial charge in [-0.1, -0.05) is 0 Å². The molecule has 1 amide bonds. The SMILES string of the molecule is CN(C)[C@H]1CN(C(=O)CCCn2cnnn2)C[C@@H]1C1CC1. The van der Waals surface area contributed by atoms with Crippen LogP contribution in [-0.2, 0) is 11.3 Å². The van der Waals surface area contributed by atoms with Gasteiger partial charge in [-0.25, -0.2) is 4.68 Å². The average Bonchev–Trinajstić information content (AvgIpc) is 3.00. The minimum atomic E-state index is 0.276. The first kappa shape index (κ1) is 14.4. The minimum absolute atomic E-state index is 0.276. The van der Waals surface area contributed by atoms with Gasteiger partial charge in [-0.2, -0.15) is 0 Å². The van der Waals surface area contributed by atoms with Crippen molar-refractivity contribution < 1.29 is 4.79 Å². The van der Waals surface area contributed by atoms with Crippen LogP contribution >= 0.6 is 0 Å². The molecule has 1 saturated carbocycles. The normalized spacial score (nSPS) is 25.8. The van der Waals surface area contributed by atoms with E-state index in [0.29, 0.717) is 24.9 Å². The van der Waals surface area contributed by atoms with Crippen LogP contribution in [0.2, 0.25) is 0 Å². The Morgan fingerprint density at radius 2 is 2.14 bits per heavy atom. The number of hydrogen-bond acceptors (Lipinski definition) is 5. The van der Waals surface area contributed by atoms with Gasteiger partial charge in [0, 0.05) is 32.1 Å². The number of aromatic nitrogens is 4. The van der Waals surface area contributed by atoms with Gasteiger partial charge in [-0.15, -0.1) is 5.10 Å². The van der Waals surface area contributed by atoms with E-state index in [1.165, 1.54) is 12.8 Å². The van der Waals surface area contributed by atoms with Crippen molar-refractivity contribution in [2.75, 3.05) is 27.2 Å². The molecule has 2 atom stereocenters. The van der Waals surface area contributed by atoms with Crippen LogP contribution in [0.4, 0.5) is 0 Å². The summed E-state index contributed by atoms with van der Waals surface area (Å²) in [5, 5.41) is 11.0. The first-order valence-electron chi connectivity index (χ1n) is 7.80. The fraction of sp³-hybridized carbons (Fsp3) is 0.857. The molecule has 7 heteroatoms. The van der Waals surface area contributed by atoms with Crippen LogP contribution in [-0.4, -0.2) is 69.1 Å². The van der Waals surface area contributed by atoms with E-state index in [1.54, 1.807) is 11.0 Å². The summed E-state index contributed by atoms with van der Waals surface area (Å²) in [6, 6.07) is 0.529. The van der Waals surface area contributed by atoms with Crippen LogP contribution in [0.3, 0.4) is 0 Å². The smallest absolute Gasteiger partial charge is 0.222 e. The molecule has 1 saturated heterocycles. The number of aryl methyl sites for hydroxylation is 1. The molecule has 0 spiro atoms. The largest absolute Gasteiger partial charge is 0.341 e. The predicted octanol–water partition coefficient (Wildman–Crippen LogP) is 0.252. The summed E-state index contributed by atoms with van der Waals surface area (Å²) >= 11 is 0. The number of amides is 1. The number of tetrazole rings is 1. The molecule has 2 heterocycles. The Kier molecular flexibility index (Phi) is 4.19. The van der Waals surface area contributed by atoms with Gasteiger partial charge in [0.2, 0.25) is 5.91 Å². The third-order valence-corrected chi connectivity index (χ3v) is 4.75. The zero-order valence-corrected chi connectivity index (χ0v) is 12.9. The van der Waals surface area contributed by atoms with Crippen LogP contribution in [0.5, 0.6) is 0 Å². The lowest BCUT2D eigenvalue weighted by molar-refractivity contribution is -0.130. The lowest BCUT2D eigenvalue weighted by atomic mass is 9.97. The molecule has 116 valence electrons. The fourth-order valence-corrected chi connectivity index (χ4v) is 3.38. The quantitative estimate of drug-likeness (QED) is 0.752. The maximum absolute atomic E-state index is 12.4. The lowest BCUT2D eigenvalue weighted by Gasteiger charge is -2.24. The van der Waals surface area contributed by atoms with Gasteiger partial charge in [0.05, 0.1) is 0 Å². The van der Waals surface area contributed by atoms with E-state index in [2.05, 4.69) is 39.4 Å². The summed E-state index contributed by atoms with van der Waals surface area (Å²) < 4.78 is 1.67. The molecular formula is C14H24N6O. The molecule has 1 aromatic heterocycles. The molecule has 1 aromatic rings. The number of carbonyl (C=O) groups is 1. The van der Waals surface area contributed by atoms with Crippen molar-refractivity contribution >= 4 is 5.91 Å². The molecule has 1 aliphatic heterocycles. The summed E-state index contributed by atoms with van der Waals surface area (Å²) in [4.78, 5) is 16.7. The number of likely N-dealkylation sites (N-methyl/N-ethyl adjacent to an activating group) is 1. The highest BCUT2D eigenvalue weighted by Gasteiger charge is 2.44. The Morgan fingerprint density at radius 3 is 2.76 bits per heavy atom. The van der Waals surface area contributed by atoms with E-state index in [1.807, 2.05) is 0 Å². The van der Waals surface area contributed by atoms with Gasteiger partial charge >= 0.3 is 0 Å². The number of carbonyl (C=O) groups excluding carboxylic acids is 1. The summed E-state index contributed by atoms with van der Waals surface area (Å²) in [5.74, 6) is 1.79. The molecule has 0 N–H and O–H groups in total. The van der Waals surface area contributed by atoms with Gasteiger partial charge in [-0.3, -0.25) is 4.79 Å². The molecule has 0 aromatic carbocycles. The monoisotopic (exact) mass is 292 g/mol. The number of likely N-dealkylation sites (tertiary alicyclic amines) is 1. The number of rotatable bonds is 6. The molecule has 1 aliphatic carbocycles. The Morgan fingerprint density at radius 1 is 1.33 bits per heavy atom. The molecule has 2 aliphatic rings. The average molecular weight is 292 g/mol. The zero-order chi connectivity index (χ0) is 14.8. The molecule has 0 radical (unpaired) electrons. The third kappa shape index (κ3) is 3.40. The summed E-state index contributed by atoms with van der Waals surface area (Å²) in [5.41, 5.74) is 0. The molecule has 3 rings (SSSR count). The lowest BCUT2D eigenvalue weighted by Crippen LogP contribution is -2.36. The zero-order valence-electron chi connectivity index (χ0n) is 12.9. The second kappa shape index (κ2) is 6.09. The highest BCUT2D eigenvalue weighted by molar-refractivity contribution is 5.76. The number of nitrogens with zero attached hydrogens (tertiary/aromatic N) is 6. The van der Waals surface area contributed by atoms with Crippen molar-refractivity contribution in [3.8, 4) is 0 Å². The maximum atomic E-state index is 12.4. The Hall–Kier alpha value is -1.50. The second-order valence-electron chi connectivity index (χ2n) is 6.51. The molecular weight excluding hydrogens is 268 g/mol. The van der Waals surface area contributed by atoms with E-state index in [4.69, 9.17) is 0 Å². The third-order valence-electron chi connectivity index (χ3n) is 4.75. The van der Waals surface area contributed by atoms with Crippen molar-refractivity contribution in [3.05, 3.63) is 6.33 Å². The van der Waals surface area contributed by atoms with E-state index in [-0.39, 0.29) is 5.91 Å². The van der Waals surface area contributed by atoms with Gasteiger partial charge in [0.15, 0.2) is 0 Å². The molecule has 2 fully saturated rings. The summed E-state index contributed by atoms with van der Waals surface area (Å²) in [7, 11) is 4.26. The van der Waals surface area contributed by atoms with E-state index < -0.39 is 0 Å².